The number of halogens is 2. The number of benzene rings is 1. The zero-order chi connectivity index (χ0) is 10.0. The molecule has 0 aromatic heterocycles. The van der Waals surface area contributed by atoms with Gasteiger partial charge in [0.2, 0.25) is 0 Å². The van der Waals surface area contributed by atoms with Crippen LogP contribution in [-0.2, 0) is 4.79 Å². The largest absolute Gasteiger partial charge is 0.508 e. The van der Waals surface area contributed by atoms with Crippen LogP contribution in [0, 0.1) is 5.82 Å². The van der Waals surface area contributed by atoms with E-state index in [1.165, 1.54) is 13.0 Å². The first-order chi connectivity index (χ1) is 6.02. The fourth-order valence-electron chi connectivity index (χ4n) is 0.947. The first-order valence-corrected chi connectivity index (χ1v) is 4.57. The van der Waals surface area contributed by atoms with Gasteiger partial charge in [-0.3, -0.25) is 4.79 Å². The SMILES string of the molecule is CC(=O)C(Br)c1cc(F)ccc1O. The summed E-state index contributed by atoms with van der Waals surface area (Å²) in [6, 6.07) is 3.50. The minimum Gasteiger partial charge on any atom is -0.508 e. The molecule has 2 nitrogen and oxygen atoms in total. The summed E-state index contributed by atoms with van der Waals surface area (Å²) in [6.45, 7) is 1.36. The summed E-state index contributed by atoms with van der Waals surface area (Å²) in [5.74, 6) is -0.738. The van der Waals surface area contributed by atoms with Gasteiger partial charge in [-0.1, -0.05) is 15.9 Å². The Bertz CT molecular complexity index is 338. The third-order valence-corrected chi connectivity index (χ3v) is 2.76. The van der Waals surface area contributed by atoms with Crippen LogP contribution in [0.1, 0.15) is 17.3 Å². The van der Waals surface area contributed by atoms with Gasteiger partial charge in [0, 0.05) is 5.56 Å². The Morgan fingerprint density at radius 3 is 2.77 bits per heavy atom. The Balaban J connectivity index is 3.12. The zero-order valence-electron chi connectivity index (χ0n) is 6.92. The van der Waals surface area contributed by atoms with E-state index in [9.17, 15) is 14.3 Å². The number of hydrogen-bond donors (Lipinski definition) is 1. The van der Waals surface area contributed by atoms with E-state index in [1.807, 2.05) is 0 Å². The lowest BCUT2D eigenvalue weighted by atomic mass is 10.1. The van der Waals surface area contributed by atoms with E-state index in [-0.39, 0.29) is 17.1 Å². The highest BCUT2D eigenvalue weighted by atomic mass is 79.9. The fourth-order valence-corrected chi connectivity index (χ4v) is 1.31. The lowest BCUT2D eigenvalue weighted by Gasteiger charge is -2.08. The van der Waals surface area contributed by atoms with E-state index in [0.29, 0.717) is 0 Å². The molecule has 0 bridgehead atoms. The second kappa shape index (κ2) is 3.87. The van der Waals surface area contributed by atoms with Crippen LogP contribution in [0.4, 0.5) is 4.39 Å². The third-order valence-electron chi connectivity index (χ3n) is 1.62. The number of phenols is 1. The van der Waals surface area contributed by atoms with Crippen molar-refractivity contribution in [2.45, 2.75) is 11.8 Å². The van der Waals surface area contributed by atoms with Gasteiger partial charge in [-0.05, 0) is 25.1 Å². The molecule has 0 amide bonds. The number of hydrogen-bond acceptors (Lipinski definition) is 2. The Kier molecular flexibility index (Phi) is 3.03. The summed E-state index contributed by atoms with van der Waals surface area (Å²) >= 11 is 3.06. The van der Waals surface area contributed by atoms with Crippen LogP contribution in [0.25, 0.3) is 0 Å². The number of carbonyl (C=O) groups excluding carboxylic acids is 1. The monoisotopic (exact) mass is 246 g/mol. The molecule has 0 aliphatic heterocycles. The van der Waals surface area contributed by atoms with Crippen LogP contribution in [0.5, 0.6) is 5.75 Å². The quantitative estimate of drug-likeness (QED) is 0.815. The molecule has 0 fully saturated rings. The molecule has 1 unspecified atom stereocenters. The third kappa shape index (κ3) is 2.28. The molecule has 0 saturated heterocycles. The van der Waals surface area contributed by atoms with Crippen LogP contribution in [0.15, 0.2) is 18.2 Å². The fraction of sp³-hybridized carbons (Fsp3) is 0.222. The van der Waals surface area contributed by atoms with Crippen molar-refractivity contribution in [3.05, 3.63) is 29.6 Å². The number of phenolic OH excluding ortho intramolecular Hbond substituents is 1. The lowest BCUT2D eigenvalue weighted by Crippen LogP contribution is -2.01. The zero-order valence-corrected chi connectivity index (χ0v) is 8.51. The molecule has 1 aromatic rings. The molecular weight excluding hydrogens is 239 g/mol. The standard InChI is InChI=1S/C9H8BrFO2/c1-5(12)9(10)7-4-6(11)2-3-8(7)13/h2-4,9,13H,1H3. The average Bonchev–Trinajstić information content (AvgIpc) is 2.08. The number of rotatable bonds is 2. The van der Waals surface area contributed by atoms with Gasteiger partial charge in [0.25, 0.3) is 0 Å². The maximum Gasteiger partial charge on any atom is 0.147 e. The van der Waals surface area contributed by atoms with Gasteiger partial charge in [-0.25, -0.2) is 4.39 Å². The van der Waals surface area contributed by atoms with Crippen molar-refractivity contribution >= 4 is 21.7 Å². The van der Waals surface area contributed by atoms with Gasteiger partial charge in [-0.15, -0.1) is 0 Å². The highest BCUT2D eigenvalue weighted by Crippen LogP contribution is 2.31. The summed E-state index contributed by atoms with van der Waals surface area (Å²) in [7, 11) is 0. The molecule has 1 rings (SSSR count). The van der Waals surface area contributed by atoms with Crippen LogP contribution < -0.4 is 0 Å². The summed E-state index contributed by atoms with van der Waals surface area (Å²) in [5.41, 5.74) is 0.257. The summed E-state index contributed by atoms with van der Waals surface area (Å²) < 4.78 is 12.7. The Morgan fingerprint density at radius 2 is 2.23 bits per heavy atom. The first kappa shape index (κ1) is 10.2. The summed E-state index contributed by atoms with van der Waals surface area (Å²) in [5, 5.41) is 9.31. The summed E-state index contributed by atoms with van der Waals surface area (Å²) in [4.78, 5) is 10.3. The average molecular weight is 247 g/mol. The first-order valence-electron chi connectivity index (χ1n) is 3.65. The lowest BCUT2D eigenvalue weighted by molar-refractivity contribution is -0.116. The maximum atomic E-state index is 12.7. The molecule has 0 aliphatic rings. The van der Waals surface area contributed by atoms with Crippen molar-refractivity contribution in [3.8, 4) is 5.75 Å². The minimum atomic E-state index is -0.650. The smallest absolute Gasteiger partial charge is 0.147 e. The number of aromatic hydroxyl groups is 1. The minimum absolute atomic E-state index is 0.0847. The van der Waals surface area contributed by atoms with Gasteiger partial charge < -0.3 is 5.11 Å². The molecule has 0 radical (unpaired) electrons. The van der Waals surface area contributed by atoms with Crippen molar-refractivity contribution in [1.29, 1.82) is 0 Å². The van der Waals surface area contributed by atoms with E-state index in [1.54, 1.807) is 0 Å². The van der Waals surface area contributed by atoms with E-state index < -0.39 is 10.6 Å². The highest BCUT2D eigenvalue weighted by Gasteiger charge is 2.16. The van der Waals surface area contributed by atoms with Gasteiger partial charge in [-0.2, -0.15) is 0 Å². The highest BCUT2D eigenvalue weighted by molar-refractivity contribution is 9.09. The molecule has 0 aliphatic carbocycles. The molecule has 1 N–H and O–H groups in total. The number of Topliss-reactive ketones (excluding diaryl/α,β-unsaturated/α-hetero) is 1. The van der Waals surface area contributed by atoms with Gasteiger partial charge >= 0.3 is 0 Å². The van der Waals surface area contributed by atoms with Crippen molar-refractivity contribution in [2.75, 3.05) is 0 Å². The normalized spacial score (nSPS) is 12.5. The molecule has 4 heteroatoms. The van der Waals surface area contributed by atoms with Crippen molar-refractivity contribution in [1.82, 2.24) is 0 Å². The molecule has 0 spiro atoms. The van der Waals surface area contributed by atoms with E-state index >= 15 is 0 Å². The molecule has 13 heavy (non-hydrogen) atoms. The van der Waals surface area contributed by atoms with Crippen LogP contribution in [-0.4, -0.2) is 10.9 Å². The number of ketones is 1. The molecule has 0 heterocycles. The summed E-state index contributed by atoms with van der Waals surface area (Å²) in [6.07, 6.45) is 0. The molecule has 1 atom stereocenters. The molecule has 0 saturated carbocycles. The van der Waals surface area contributed by atoms with Gasteiger partial charge in [0.15, 0.2) is 0 Å². The van der Waals surface area contributed by atoms with Crippen molar-refractivity contribution < 1.29 is 14.3 Å². The van der Waals surface area contributed by atoms with Crippen molar-refractivity contribution in [3.63, 3.8) is 0 Å². The molecular formula is C9H8BrFO2. The van der Waals surface area contributed by atoms with E-state index in [4.69, 9.17) is 0 Å². The van der Waals surface area contributed by atoms with Gasteiger partial charge in [0.05, 0.1) is 0 Å². The Morgan fingerprint density at radius 1 is 1.62 bits per heavy atom. The van der Waals surface area contributed by atoms with Crippen LogP contribution in [0.3, 0.4) is 0 Å². The van der Waals surface area contributed by atoms with Crippen molar-refractivity contribution in [2.24, 2.45) is 0 Å². The van der Waals surface area contributed by atoms with Crippen LogP contribution >= 0.6 is 15.9 Å². The van der Waals surface area contributed by atoms with E-state index in [2.05, 4.69) is 15.9 Å². The molecule has 1 aromatic carbocycles. The van der Waals surface area contributed by atoms with Crippen LogP contribution in [0.2, 0.25) is 0 Å². The topological polar surface area (TPSA) is 37.3 Å². The maximum absolute atomic E-state index is 12.7. The Labute approximate surface area is 83.5 Å². The number of alkyl halides is 1. The van der Waals surface area contributed by atoms with Gasteiger partial charge in [0.1, 0.15) is 22.2 Å². The second-order valence-electron chi connectivity index (χ2n) is 2.68. The Hall–Kier alpha value is -0.900. The van der Waals surface area contributed by atoms with E-state index in [0.717, 1.165) is 12.1 Å². The second-order valence-corrected chi connectivity index (χ2v) is 3.59. The number of carbonyl (C=O) groups is 1. The predicted octanol–water partition coefficient (Wildman–Crippen LogP) is 2.56. The predicted molar refractivity (Wildman–Crippen MR) is 50.4 cm³/mol. The molecule has 70 valence electrons.